The van der Waals surface area contributed by atoms with E-state index in [-0.39, 0.29) is 44.6 Å². The first-order valence-electron chi connectivity index (χ1n) is 9.29. The number of hydrogen-bond donors (Lipinski definition) is 2. The van der Waals surface area contributed by atoms with Crippen LogP contribution in [0.2, 0.25) is 5.02 Å². The Bertz CT molecular complexity index is 1420. The first-order valence-corrected chi connectivity index (χ1v) is 9.67. The van der Waals surface area contributed by atoms with Crippen LogP contribution in [0.4, 0.5) is 14.9 Å². The second kappa shape index (κ2) is 7.04. The lowest BCUT2D eigenvalue weighted by atomic mass is 9.93. The molecule has 0 saturated carbocycles. The van der Waals surface area contributed by atoms with Crippen molar-refractivity contribution in [2.75, 3.05) is 4.90 Å². The van der Waals surface area contributed by atoms with Gasteiger partial charge in [0.25, 0.3) is 5.91 Å². The van der Waals surface area contributed by atoms with Gasteiger partial charge in [0.05, 0.1) is 10.7 Å². The molecule has 0 radical (unpaired) electrons. The predicted molar refractivity (Wildman–Crippen MR) is 112 cm³/mol. The molecule has 5 rings (SSSR count). The van der Waals surface area contributed by atoms with Gasteiger partial charge >= 0.3 is 12.2 Å². The van der Waals surface area contributed by atoms with Gasteiger partial charge < -0.3 is 20.0 Å². The topological polar surface area (TPSA) is 119 Å². The maximum absolute atomic E-state index is 15.0. The number of anilines is 1. The number of halogens is 2. The zero-order valence-electron chi connectivity index (χ0n) is 16.1. The van der Waals surface area contributed by atoms with Crippen LogP contribution in [0.5, 0.6) is 6.08 Å². The van der Waals surface area contributed by atoms with Crippen molar-refractivity contribution < 1.29 is 28.2 Å². The lowest BCUT2D eigenvalue weighted by Crippen LogP contribution is -2.45. The molecular formula is C22H13ClFN3O5. The number of nitrogens with zero attached hydrogens (tertiary/aromatic N) is 2. The van der Waals surface area contributed by atoms with E-state index in [4.69, 9.17) is 21.8 Å². The van der Waals surface area contributed by atoms with Crippen LogP contribution in [-0.2, 0) is 5.72 Å². The molecule has 3 N–H and O–H groups in total. The number of hydrogen-bond acceptors (Lipinski definition) is 6. The molecule has 1 aliphatic heterocycles. The van der Waals surface area contributed by atoms with Gasteiger partial charge in [0.1, 0.15) is 5.52 Å². The summed E-state index contributed by atoms with van der Waals surface area (Å²) in [6.07, 6.45) is -1.48. The van der Waals surface area contributed by atoms with Gasteiger partial charge in [0.2, 0.25) is 0 Å². The minimum atomic E-state index is -2.09. The highest BCUT2D eigenvalue weighted by molar-refractivity contribution is 6.31. The van der Waals surface area contributed by atoms with E-state index < -0.39 is 23.5 Å². The van der Waals surface area contributed by atoms with E-state index in [1.165, 1.54) is 36.4 Å². The summed E-state index contributed by atoms with van der Waals surface area (Å²) in [5.74, 6) is -1.46. The molecule has 1 aliphatic rings. The molecular weight excluding hydrogens is 441 g/mol. The van der Waals surface area contributed by atoms with Crippen molar-refractivity contribution in [1.29, 1.82) is 0 Å². The normalized spacial score (nSPS) is 17.6. The van der Waals surface area contributed by atoms with Gasteiger partial charge in [-0.1, -0.05) is 35.9 Å². The Morgan fingerprint density at radius 3 is 2.75 bits per heavy atom. The van der Waals surface area contributed by atoms with Crippen LogP contribution in [0.25, 0.3) is 11.1 Å². The third-order valence-corrected chi connectivity index (χ3v) is 5.48. The first kappa shape index (κ1) is 20.0. The number of benzene rings is 3. The minimum absolute atomic E-state index is 0.195. The molecule has 1 aromatic heterocycles. The third kappa shape index (κ3) is 2.83. The molecule has 0 bridgehead atoms. The predicted octanol–water partition coefficient (Wildman–Crippen LogP) is 3.93. The molecule has 0 aliphatic carbocycles. The SMILES string of the molecule is NC(=O)Oc1nc2cc(C3(O)c4ccccc4C(=O)N3c3cccc(Cl)c3F)ccc2o1. The van der Waals surface area contributed by atoms with Crippen LogP contribution in [0.3, 0.4) is 0 Å². The van der Waals surface area contributed by atoms with Crippen LogP contribution in [0.15, 0.2) is 65.1 Å². The minimum Gasteiger partial charge on any atom is -0.409 e. The fourth-order valence-electron chi connectivity index (χ4n) is 3.85. The molecule has 3 aromatic carbocycles. The molecule has 160 valence electrons. The molecule has 2 amide bonds. The van der Waals surface area contributed by atoms with Crippen LogP contribution < -0.4 is 15.4 Å². The third-order valence-electron chi connectivity index (χ3n) is 5.19. The Morgan fingerprint density at radius 1 is 1.19 bits per heavy atom. The molecule has 0 saturated heterocycles. The van der Waals surface area contributed by atoms with Crippen molar-refractivity contribution in [3.05, 3.63) is 88.2 Å². The highest BCUT2D eigenvalue weighted by atomic mass is 35.5. The number of rotatable bonds is 3. The number of aromatic nitrogens is 1. The highest BCUT2D eigenvalue weighted by Gasteiger charge is 2.51. The molecule has 0 fully saturated rings. The average molecular weight is 454 g/mol. The van der Waals surface area contributed by atoms with E-state index in [9.17, 15) is 19.1 Å². The number of carbonyl (C=O) groups excluding carboxylic acids is 2. The van der Waals surface area contributed by atoms with Gasteiger partial charge in [-0.15, -0.1) is 0 Å². The number of primary amides is 1. The number of aliphatic hydroxyl groups is 1. The lowest BCUT2D eigenvalue weighted by Gasteiger charge is -2.35. The summed E-state index contributed by atoms with van der Waals surface area (Å²) in [6.45, 7) is 0. The number of amides is 2. The van der Waals surface area contributed by atoms with E-state index in [0.717, 1.165) is 4.90 Å². The van der Waals surface area contributed by atoms with E-state index in [0.29, 0.717) is 0 Å². The Kier molecular flexibility index (Phi) is 4.40. The molecule has 1 atom stereocenters. The van der Waals surface area contributed by atoms with Crippen LogP contribution in [0.1, 0.15) is 21.5 Å². The summed E-state index contributed by atoms with van der Waals surface area (Å²) in [6, 6.07) is 15.0. The number of nitrogens with two attached hydrogens (primary N) is 1. The fourth-order valence-corrected chi connectivity index (χ4v) is 4.02. The van der Waals surface area contributed by atoms with Crippen molar-refractivity contribution in [3.63, 3.8) is 0 Å². The maximum atomic E-state index is 15.0. The summed E-state index contributed by atoms with van der Waals surface area (Å²) >= 11 is 5.94. The number of carbonyl (C=O) groups is 2. The summed E-state index contributed by atoms with van der Waals surface area (Å²) in [5, 5.41) is 11.8. The van der Waals surface area contributed by atoms with E-state index in [1.54, 1.807) is 24.3 Å². The molecule has 0 spiro atoms. The number of ether oxygens (including phenoxy) is 1. The quantitative estimate of drug-likeness (QED) is 0.485. The molecule has 1 unspecified atom stereocenters. The van der Waals surface area contributed by atoms with Gasteiger partial charge in [-0.3, -0.25) is 9.69 Å². The Hall–Kier alpha value is -3.95. The Morgan fingerprint density at radius 2 is 1.97 bits per heavy atom. The number of oxazole rings is 1. The van der Waals surface area contributed by atoms with E-state index in [1.807, 2.05) is 0 Å². The average Bonchev–Trinajstić information content (AvgIpc) is 3.26. The van der Waals surface area contributed by atoms with Gasteiger partial charge in [-0.2, -0.15) is 4.98 Å². The molecule has 32 heavy (non-hydrogen) atoms. The summed E-state index contributed by atoms with van der Waals surface area (Å²) in [4.78, 5) is 29.2. The molecule has 2 heterocycles. The second-order valence-electron chi connectivity index (χ2n) is 7.01. The summed E-state index contributed by atoms with van der Waals surface area (Å²) < 4.78 is 24.9. The summed E-state index contributed by atoms with van der Waals surface area (Å²) in [7, 11) is 0. The first-order chi connectivity index (χ1) is 15.3. The standard InChI is InChI=1S/C22H13ClFN3O5/c23-14-6-3-7-16(18(14)24)27-19(28)12-4-1-2-5-13(12)22(27,30)11-8-9-17-15(10-11)26-21(31-17)32-20(25)29/h1-10,30H,(H2,25,29). The van der Waals surface area contributed by atoms with E-state index in [2.05, 4.69) is 9.72 Å². The fraction of sp³-hybridized carbons (Fsp3) is 0.0455. The van der Waals surface area contributed by atoms with Crippen LogP contribution in [-0.4, -0.2) is 22.1 Å². The van der Waals surface area contributed by atoms with Crippen LogP contribution >= 0.6 is 11.6 Å². The van der Waals surface area contributed by atoms with Gasteiger partial charge in [0, 0.05) is 16.7 Å². The maximum Gasteiger partial charge on any atom is 0.413 e. The zero-order valence-corrected chi connectivity index (χ0v) is 16.8. The Balaban J connectivity index is 1.74. The number of fused-ring (bicyclic) bond motifs is 2. The van der Waals surface area contributed by atoms with Crippen molar-refractivity contribution in [2.45, 2.75) is 5.72 Å². The highest BCUT2D eigenvalue weighted by Crippen LogP contribution is 2.46. The van der Waals surface area contributed by atoms with Gasteiger partial charge in [-0.05, 0) is 36.4 Å². The van der Waals surface area contributed by atoms with Crippen LogP contribution in [0, 0.1) is 5.82 Å². The van der Waals surface area contributed by atoms with Gasteiger partial charge in [-0.25, -0.2) is 9.18 Å². The smallest absolute Gasteiger partial charge is 0.409 e. The molecule has 10 heteroatoms. The monoisotopic (exact) mass is 453 g/mol. The van der Waals surface area contributed by atoms with Gasteiger partial charge in [0.15, 0.2) is 17.1 Å². The Labute approximate surface area is 184 Å². The molecule has 4 aromatic rings. The largest absolute Gasteiger partial charge is 0.413 e. The molecule has 8 nitrogen and oxygen atoms in total. The zero-order chi connectivity index (χ0) is 22.6. The second-order valence-corrected chi connectivity index (χ2v) is 7.42. The summed E-state index contributed by atoms with van der Waals surface area (Å²) in [5.41, 5.74) is 3.81. The van der Waals surface area contributed by atoms with Crippen molar-refractivity contribution in [1.82, 2.24) is 4.98 Å². The lowest BCUT2D eigenvalue weighted by molar-refractivity contribution is 0.0699. The van der Waals surface area contributed by atoms with Crippen molar-refractivity contribution in [2.24, 2.45) is 5.73 Å². The van der Waals surface area contributed by atoms with Crippen molar-refractivity contribution in [3.8, 4) is 6.08 Å². The van der Waals surface area contributed by atoms with Crippen molar-refractivity contribution >= 4 is 40.4 Å². The van der Waals surface area contributed by atoms with E-state index >= 15 is 0 Å².